The largest absolute Gasteiger partial charge is 0.493 e. The van der Waals surface area contributed by atoms with Crippen LogP contribution in [0.5, 0.6) is 5.75 Å². The summed E-state index contributed by atoms with van der Waals surface area (Å²) in [7, 11) is -3.37. The number of ether oxygens (including phenoxy) is 1. The van der Waals surface area contributed by atoms with E-state index in [9.17, 15) is 13.2 Å². The van der Waals surface area contributed by atoms with Gasteiger partial charge in [-0.1, -0.05) is 18.2 Å². The van der Waals surface area contributed by atoms with Crippen molar-refractivity contribution in [2.24, 2.45) is 0 Å². The summed E-state index contributed by atoms with van der Waals surface area (Å²) in [6.45, 7) is 1.91. The van der Waals surface area contributed by atoms with Gasteiger partial charge in [0, 0.05) is 18.2 Å². The Bertz CT molecular complexity index is 582. The van der Waals surface area contributed by atoms with E-state index in [1.807, 2.05) is 24.3 Å². The summed E-state index contributed by atoms with van der Waals surface area (Å²) in [4.78, 5) is 11.9. The minimum Gasteiger partial charge on any atom is -0.493 e. The Morgan fingerprint density at radius 2 is 2.11 bits per heavy atom. The molecule has 6 heteroatoms. The maximum absolute atomic E-state index is 11.9. The summed E-state index contributed by atoms with van der Waals surface area (Å²) in [6.07, 6.45) is 1.70. The van der Waals surface area contributed by atoms with Crippen molar-refractivity contribution in [3.8, 4) is 5.75 Å². The topological polar surface area (TPSA) is 72.5 Å². The first-order valence-electron chi connectivity index (χ1n) is 6.10. The quantitative estimate of drug-likeness (QED) is 0.900. The van der Waals surface area contributed by atoms with Crippen LogP contribution in [0.25, 0.3) is 0 Å². The van der Waals surface area contributed by atoms with E-state index >= 15 is 0 Å². The predicted octanol–water partition coefficient (Wildman–Crippen LogP) is 1.06. The molecule has 0 saturated heterocycles. The van der Waals surface area contributed by atoms with E-state index in [-0.39, 0.29) is 6.04 Å². The summed E-state index contributed by atoms with van der Waals surface area (Å²) in [5, 5.41) is 1.74. The zero-order chi connectivity index (χ0) is 14.0. The zero-order valence-corrected chi connectivity index (χ0v) is 11.7. The lowest BCUT2D eigenvalue weighted by Crippen LogP contribution is -2.40. The molecule has 0 radical (unpaired) electrons. The third-order valence-corrected chi connectivity index (χ3v) is 4.78. The van der Waals surface area contributed by atoms with E-state index < -0.39 is 21.0 Å². The number of benzene rings is 1. The number of rotatable bonds is 3. The molecule has 1 aliphatic heterocycles. The van der Waals surface area contributed by atoms with Crippen LogP contribution in [0.15, 0.2) is 24.3 Å². The second-order valence-corrected chi connectivity index (χ2v) is 7.07. The number of amides is 1. The first-order valence-corrected chi connectivity index (χ1v) is 8.06. The van der Waals surface area contributed by atoms with Gasteiger partial charge >= 0.3 is 0 Å². The second kappa shape index (κ2) is 5.21. The van der Waals surface area contributed by atoms with Crippen molar-refractivity contribution in [1.29, 1.82) is 0 Å². The molecule has 0 aromatic heterocycles. The highest BCUT2D eigenvalue weighted by atomic mass is 32.2. The fraction of sp³-hybridized carbons (Fsp3) is 0.462. The van der Waals surface area contributed by atoms with Crippen molar-refractivity contribution >= 4 is 15.7 Å². The smallest absolute Gasteiger partial charge is 0.238 e. The van der Waals surface area contributed by atoms with Crippen LogP contribution < -0.4 is 10.1 Å². The van der Waals surface area contributed by atoms with Gasteiger partial charge in [-0.15, -0.1) is 0 Å². The molecule has 0 unspecified atom stereocenters. The van der Waals surface area contributed by atoms with E-state index in [1.165, 1.54) is 6.92 Å². The maximum Gasteiger partial charge on any atom is 0.238 e. The second-order valence-electron chi connectivity index (χ2n) is 4.71. The van der Waals surface area contributed by atoms with Gasteiger partial charge in [-0.2, -0.15) is 0 Å². The average Bonchev–Trinajstić information content (AvgIpc) is 2.37. The first kappa shape index (κ1) is 13.9. The van der Waals surface area contributed by atoms with E-state index in [2.05, 4.69) is 5.32 Å². The lowest BCUT2D eigenvalue weighted by molar-refractivity contribution is -0.121. The molecule has 104 valence electrons. The van der Waals surface area contributed by atoms with E-state index in [0.29, 0.717) is 13.0 Å². The van der Waals surface area contributed by atoms with Gasteiger partial charge < -0.3 is 10.1 Å². The molecule has 1 aromatic rings. The Labute approximate surface area is 112 Å². The van der Waals surface area contributed by atoms with Crippen molar-refractivity contribution in [2.75, 3.05) is 12.9 Å². The summed E-state index contributed by atoms with van der Waals surface area (Å²) >= 11 is 0. The van der Waals surface area contributed by atoms with Crippen molar-refractivity contribution in [1.82, 2.24) is 5.32 Å². The van der Waals surface area contributed by atoms with Crippen molar-refractivity contribution < 1.29 is 17.9 Å². The predicted molar refractivity (Wildman–Crippen MR) is 71.7 cm³/mol. The summed E-state index contributed by atoms with van der Waals surface area (Å²) < 4.78 is 28.2. The molecule has 0 aliphatic carbocycles. The molecule has 5 nitrogen and oxygen atoms in total. The van der Waals surface area contributed by atoms with Crippen LogP contribution in [-0.4, -0.2) is 32.4 Å². The lowest BCUT2D eigenvalue weighted by atomic mass is 10.0. The highest BCUT2D eigenvalue weighted by Gasteiger charge is 2.28. The lowest BCUT2D eigenvalue weighted by Gasteiger charge is -2.27. The minimum atomic E-state index is -3.37. The van der Waals surface area contributed by atoms with Crippen LogP contribution in [0.3, 0.4) is 0 Å². The molecule has 0 saturated carbocycles. The standard InChI is InChI=1S/C13H17NO4S/c1-9(19(2,16)17)13(15)14-11-7-8-18-12-6-4-3-5-10(11)12/h3-6,9,11H,7-8H2,1-2H3,(H,14,15)/t9-,11-/m0/s1. The van der Waals surface area contributed by atoms with Crippen LogP contribution in [0.2, 0.25) is 0 Å². The molecule has 1 heterocycles. The fourth-order valence-corrected chi connectivity index (χ4v) is 2.43. The molecule has 0 spiro atoms. The highest BCUT2D eigenvalue weighted by molar-refractivity contribution is 7.92. The molecule has 1 N–H and O–H groups in total. The van der Waals surface area contributed by atoms with Crippen LogP contribution in [0, 0.1) is 0 Å². The third-order valence-electron chi connectivity index (χ3n) is 3.29. The van der Waals surface area contributed by atoms with E-state index in [0.717, 1.165) is 17.6 Å². The number of sulfone groups is 1. The molecule has 19 heavy (non-hydrogen) atoms. The normalized spacial score (nSPS) is 20.0. The maximum atomic E-state index is 11.9. The summed E-state index contributed by atoms with van der Waals surface area (Å²) in [6, 6.07) is 7.26. The molecule has 1 aromatic carbocycles. The number of hydrogen-bond acceptors (Lipinski definition) is 4. The molecule has 1 aliphatic rings. The van der Waals surface area contributed by atoms with Gasteiger partial charge in [0.15, 0.2) is 9.84 Å². The van der Waals surface area contributed by atoms with Crippen LogP contribution in [-0.2, 0) is 14.6 Å². The van der Waals surface area contributed by atoms with Gasteiger partial charge in [0.2, 0.25) is 5.91 Å². The van der Waals surface area contributed by atoms with Gasteiger partial charge in [-0.3, -0.25) is 4.79 Å². The molecule has 0 fully saturated rings. The van der Waals surface area contributed by atoms with Gasteiger partial charge in [0.05, 0.1) is 12.6 Å². The van der Waals surface area contributed by atoms with Gasteiger partial charge in [-0.25, -0.2) is 8.42 Å². The number of hydrogen-bond donors (Lipinski definition) is 1. The minimum absolute atomic E-state index is 0.193. The average molecular weight is 283 g/mol. The molecule has 0 bridgehead atoms. The molecule has 2 rings (SSSR count). The van der Waals surface area contributed by atoms with Crippen LogP contribution in [0.4, 0.5) is 0 Å². The van der Waals surface area contributed by atoms with Gasteiger partial charge in [-0.05, 0) is 13.0 Å². The number of fused-ring (bicyclic) bond motifs is 1. The zero-order valence-electron chi connectivity index (χ0n) is 10.9. The van der Waals surface area contributed by atoms with Gasteiger partial charge in [0.25, 0.3) is 0 Å². The van der Waals surface area contributed by atoms with Crippen LogP contribution >= 0.6 is 0 Å². The monoisotopic (exact) mass is 283 g/mol. The van der Waals surface area contributed by atoms with Crippen molar-refractivity contribution in [3.63, 3.8) is 0 Å². The highest BCUT2D eigenvalue weighted by Crippen LogP contribution is 2.31. The summed E-state index contributed by atoms with van der Waals surface area (Å²) in [5.41, 5.74) is 0.891. The molecular formula is C13H17NO4S. The van der Waals surface area contributed by atoms with E-state index in [1.54, 1.807) is 0 Å². The van der Waals surface area contributed by atoms with Crippen LogP contribution in [0.1, 0.15) is 24.9 Å². The number of carbonyl (C=O) groups excluding carboxylic acids is 1. The van der Waals surface area contributed by atoms with E-state index in [4.69, 9.17) is 4.74 Å². The van der Waals surface area contributed by atoms with Crippen molar-refractivity contribution in [2.45, 2.75) is 24.6 Å². The SMILES string of the molecule is C[C@@H](C(=O)N[C@H]1CCOc2ccccc21)S(C)(=O)=O. The fourth-order valence-electron chi connectivity index (χ4n) is 1.98. The Morgan fingerprint density at radius 1 is 1.42 bits per heavy atom. The molecule has 2 atom stereocenters. The number of nitrogens with one attached hydrogen (secondary N) is 1. The van der Waals surface area contributed by atoms with Crippen molar-refractivity contribution in [3.05, 3.63) is 29.8 Å². The number of para-hydroxylation sites is 1. The number of carbonyl (C=O) groups is 1. The molecule has 1 amide bonds. The Kier molecular flexibility index (Phi) is 3.80. The third kappa shape index (κ3) is 3.07. The Morgan fingerprint density at radius 3 is 2.79 bits per heavy atom. The first-order chi connectivity index (χ1) is 8.89. The van der Waals surface area contributed by atoms with Gasteiger partial charge in [0.1, 0.15) is 11.0 Å². The Hall–Kier alpha value is -1.56. The summed E-state index contributed by atoms with van der Waals surface area (Å²) in [5.74, 6) is 0.273. The molecular weight excluding hydrogens is 266 g/mol. The Balaban J connectivity index is 2.15.